The summed E-state index contributed by atoms with van der Waals surface area (Å²) in [6, 6.07) is 8.44. The molecule has 2 aromatic heterocycles. The molecule has 0 aliphatic rings. The van der Waals surface area contributed by atoms with E-state index < -0.39 is 0 Å². The first-order valence-corrected chi connectivity index (χ1v) is 6.46. The van der Waals surface area contributed by atoms with E-state index in [1.54, 1.807) is 0 Å². The molecule has 3 aromatic rings. The van der Waals surface area contributed by atoms with Gasteiger partial charge in [-0.15, -0.1) is 0 Å². The Hall–Kier alpha value is -2.16. The quantitative estimate of drug-likeness (QED) is 0.661. The van der Waals surface area contributed by atoms with Gasteiger partial charge in [-0.1, -0.05) is 18.2 Å². The van der Waals surface area contributed by atoms with Crippen molar-refractivity contribution in [3.05, 3.63) is 52.8 Å². The summed E-state index contributed by atoms with van der Waals surface area (Å²) < 4.78 is 1.97. The van der Waals surface area contributed by atoms with Crippen molar-refractivity contribution in [3.63, 3.8) is 0 Å². The third-order valence-corrected chi connectivity index (χ3v) is 3.50. The van der Waals surface area contributed by atoms with Crippen LogP contribution < -0.4 is 0 Å². The molecule has 0 aliphatic carbocycles. The average molecular weight is 251 g/mol. The van der Waals surface area contributed by atoms with Gasteiger partial charge in [0.1, 0.15) is 0 Å². The fourth-order valence-corrected chi connectivity index (χ4v) is 2.54. The second kappa shape index (κ2) is 4.19. The van der Waals surface area contributed by atoms with E-state index in [0.717, 1.165) is 28.0 Å². The first kappa shape index (κ1) is 11.9. The normalized spacial score (nSPS) is 11.2. The van der Waals surface area contributed by atoms with Crippen molar-refractivity contribution in [1.29, 1.82) is 0 Å². The van der Waals surface area contributed by atoms with Crippen LogP contribution in [-0.4, -0.2) is 14.8 Å². The molecule has 0 bridgehead atoms. The maximum Gasteiger partial charge on any atom is 0.163 e. The second-order valence-electron chi connectivity index (χ2n) is 5.12. The van der Waals surface area contributed by atoms with E-state index in [1.807, 2.05) is 17.8 Å². The molecule has 3 rings (SSSR count). The fourth-order valence-electron chi connectivity index (χ4n) is 2.54. The van der Waals surface area contributed by atoms with Crippen LogP contribution in [0.4, 0.5) is 0 Å². The van der Waals surface area contributed by atoms with Crippen LogP contribution in [0.25, 0.3) is 16.7 Å². The molecule has 0 N–H and O–H groups in total. The summed E-state index contributed by atoms with van der Waals surface area (Å²) in [6.45, 7) is 8.31. The maximum absolute atomic E-state index is 4.68. The number of fused-ring (bicyclic) bond motifs is 1. The van der Waals surface area contributed by atoms with Gasteiger partial charge in [-0.3, -0.25) is 0 Å². The topological polar surface area (TPSA) is 30.7 Å². The van der Waals surface area contributed by atoms with E-state index in [9.17, 15) is 0 Å². The molecule has 0 fully saturated rings. The van der Waals surface area contributed by atoms with Crippen molar-refractivity contribution < 1.29 is 0 Å². The molecule has 3 heteroatoms. The van der Waals surface area contributed by atoms with Gasteiger partial charge in [-0.25, -0.2) is 9.67 Å². The van der Waals surface area contributed by atoms with Gasteiger partial charge in [0.15, 0.2) is 5.65 Å². The second-order valence-corrected chi connectivity index (χ2v) is 5.12. The van der Waals surface area contributed by atoms with Crippen LogP contribution in [0, 0.1) is 27.7 Å². The van der Waals surface area contributed by atoms with Crippen LogP contribution in [0.2, 0.25) is 0 Å². The van der Waals surface area contributed by atoms with Crippen molar-refractivity contribution in [3.8, 4) is 5.69 Å². The highest BCUT2D eigenvalue weighted by Crippen LogP contribution is 2.24. The van der Waals surface area contributed by atoms with Crippen LogP contribution in [-0.2, 0) is 0 Å². The molecule has 0 amide bonds. The van der Waals surface area contributed by atoms with Gasteiger partial charge in [-0.05, 0) is 50.5 Å². The highest BCUT2D eigenvalue weighted by atomic mass is 15.3. The summed E-state index contributed by atoms with van der Waals surface area (Å²) in [4.78, 5) is 4.56. The predicted molar refractivity (Wildman–Crippen MR) is 77.8 cm³/mol. The van der Waals surface area contributed by atoms with Crippen LogP contribution in [0.5, 0.6) is 0 Å². The molecule has 0 radical (unpaired) electrons. The Balaban J connectivity index is 2.38. The van der Waals surface area contributed by atoms with Crippen molar-refractivity contribution in [2.75, 3.05) is 0 Å². The lowest BCUT2D eigenvalue weighted by Gasteiger charge is -2.10. The van der Waals surface area contributed by atoms with Crippen molar-refractivity contribution >= 4 is 11.0 Å². The van der Waals surface area contributed by atoms with Gasteiger partial charge < -0.3 is 0 Å². The Morgan fingerprint density at radius 3 is 2.37 bits per heavy atom. The van der Waals surface area contributed by atoms with Crippen molar-refractivity contribution in [2.24, 2.45) is 0 Å². The van der Waals surface area contributed by atoms with Crippen LogP contribution >= 0.6 is 0 Å². The molecule has 0 unspecified atom stereocenters. The monoisotopic (exact) mass is 251 g/mol. The largest absolute Gasteiger partial charge is 0.236 e. The molecule has 19 heavy (non-hydrogen) atoms. The molecule has 0 atom stereocenters. The van der Waals surface area contributed by atoms with Crippen LogP contribution in [0.3, 0.4) is 0 Å². The lowest BCUT2D eigenvalue weighted by molar-refractivity contribution is 0.863. The van der Waals surface area contributed by atoms with E-state index in [1.165, 1.54) is 11.1 Å². The molecular formula is C16H17N3. The number of nitrogens with zero attached hydrogens (tertiary/aromatic N) is 3. The summed E-state index contributed by atoms with van der Waals surface area (Å²) >= 11 is 0. The summed E-state index contributed by atoms with van der Waals surface area (Å²) in [5, 5.41) is 5.80. The van der Waals surface area contributed by atoms with Crippen LogP contribution in [0.1, 0.15) is 22.4 Å². The third-order valence-electron chi connectivity index (χ3n) is 3.50. The number of aryl methyl sites for hydroxylation is 4. The summed E-state index contributed by atoms with van der Waals surface area (Å²) in [5.74, 6) is 0. The molecule has 0 aliphatic heterocycles. The third kappa shape index (κ3) is 1.82. The first-order chi connectivity index (χ1) is 9.08. The van der Waals surface area contributed by atoms with Gasteiger partial charge in [-0.2, -0.15) is 5.10 Å². The fraction of sp³-hybridized carbons (Fsp3) is 0.250. The number of para-hydroxylation sites is 1. The highest BCUT2D eigenvalue weighted by molar-refractivity contribution is 5.80. The number of hydrogen-bond acceptors (Lipinski definition) is 2. The SMILES string of the molecule is Cc1cnc2c(c1)c(C)nn2-c1c(C)cccc1C. The molecule has 0 spiro atoms. The molecule has 96 valence electrons. The zero-order valence-electron chi connectivity index (χ0n) is 11.7. The minimum absolute atomic E-state index is 0.931. The average Bonchev–Trinajstić information content (AvgIpc) is 2.66. The number of benzene rings is 1. The number of aromatic nitrogens is 3. The van der Waals surface area contributed by atoms with Gasteiger partial charge in [0.05, 0.1) is 11.4 Å². The molecule has 3 nitrogen and oxygen atoms in total. The van der Waals surface area contributed by atoms with E-state index >= 15 is 0 Å². The van der Waals surface area contributed by atoms with Crippen molar-refractivity contribution in [2.45, 2.75) is 27.7 Å². The Labute approximate surface area is 112 Å². The summed E-state index contributed by atoms with van der Waals surface area (Å²) in [7, 11) is 0. The number of hydrogen-bond donors (Lipinski definition) is 0. The van der Waals surface area contributed by atoms with E-state index in [-0.39, 0.29) is 0 Å². The Kier molecular flexibility index (Phi) is 2.63. The standard InChI is InChI=1S/C16H17N3/c1-10-8-14-13(4)18-19(16(14)17-9-10)15-11(2)6-5-7-12(15)3/h5-9H,1-4H3. The Morgan fingerprint density at radius 1 is 1.00 bits per heavy atom. The van der Waals surface area contributed by atoms with Crippen molar-refractivity contribution in [1.82, 2.24) is 14.8 Å². The lowest BCUT2D eigenvalue weighted by Crippen LogP contribution is -2.03. The Bertz CT molecular complexity index is 749. The number of rotatable bonds is 1. The van der Waals surface area contributed by atoms with Gasteiger partial charge in [0.25, 0.3) is 0 Å². The minimum Gasteiger partial charge on any atom is -0.236 e. The van der Waals surface area contributed by atoms with E-state index in [4.69, 9.17) is 0 Å². The van der Waals surface area contributed by atoms with Crippen LogP contribution in [0.15, 0.2) is 30.5 Å². The van der Waals surface area contributed by atoms with E-state index in [2.05, 4.69) is 55.1 Å². The van der Waals surface area contributed by atoms with Gasteiger partial charge in [0, 0.05) is 11.6 Å². The molecule has 0 saturated carbocycles. The lowest BCUT2D eigenvalue weighted by atomic mass is 10.1. The highest BCUT2D eigenvalue weighted by Gasteiger charge is 2.13. The van der Waals surface area contributed by atoms with E-state index in [0.29, 0.717) is 0 Å². The molecule has 0 saturated heterocycles. The number of pyridine rings is 1. The smallest absolute Gasteiger partial charge is 0.163 e. The van der Waals surface area contributed by atoms with Gasteiger partial charge >= 0.3 is 0 Å². The summed E-state index contributed by atoms with van der Waals surface area (Å²) in [6.07, 6.45) is 1.90. The Morgan fingerprint density at radius 2 is 1.68 bits per heavy atom. The molecule has 2 heterocycles. The first-order valence-electron chi connectivity index (χ1n) is 6.46. The van der Waals surface area contributed by atoms with Gasteiger partial charge in [0.2, 0.25) is 0 Å². The predicted octanol–water partition coefficient (Wildman–Crippen LogP) is 3.65. The summed E-state index contributed by atoms with van der Waals surface area (Å²) in [5.41, 5.74) is 6.68. The zero-order chi connectivity index (χ0) is 13.6. The maximum atomic E-state index is 4.68. The molecule has 1 aromatic carbocycles. The zero-order valence-corrected chi connectivity index (χ0v) is 11.7. The minimum atomic E-state index is 0.931. The molecular weight excluding hydrogens is 234 g/mol.